The third-order valence-corrected chi connectivity index (χ3v) is 4.67. The lowest BCUT2D eigenvalue weighted by molar-refractivity contribution is -0.187. The number of hydrogen-bond acceptors (Lipinski definition) is 4. The molecule has 0 aromatic heterocycles. The second kappa shape index (κ2) is 9.95. The molecular formula is C17H31NO4. The van der Waals surface area contributed by atoms with Crippen LogP contribution in [0, 0.1) is 0 Å². The fourth-order valence-electron chi connectivity index (χ4n) is 3.23. The number of carbonyl (C=O) groups is 2. The fourth-order valence-corrected chi connectivity index (χ4v) is 3.23. The number of carbonyl (C=O) groups excluding carboxylic acids is 1. The van der Waals surface area contributed by atoms with Crippen LogP contribution in [0.1, 0.15) is 84.0 Å². The minimum Gasteiger partial charge on any atom is -0.479 e. The van der Waals surface area contributed by atoms with Crippen molar-refractivity contribution in [2.45, 2.75) is 89.5 Å². The molecule has 22 heavy (non-hydrogen) atoms. The summed E-state index contributed by atoms with van der Waals surface area (Å²) in [5.74, 6) is -1.56. The minimum atomic E-state index is -1.68. The van der Waals surface area contributed by atoms with Crippen molar-refractivity contribution in [1.29, 1.82) is 0 Å². The smallest absolute Gasteiger partial charge is 0.334 e. The van der Waals surface area contributed by atoms with Gasteiger partial charge in [0.15, 0.2) is 5.78 Å². The quantitative estimate of drug-likeness (QED) is 0.423. The van der Waals surface area contributed by atoms with Gasteiger partial charge in [-0.3, -0.25) is 4.79 Å². The summed E-state index contributed by atoms with van der Waals surface area (Å²) < 4.78 is 0. The molecule has 1 atom stereocenters. The first kappa shape index (κ1) is 19.1. The number of hydroxylamine groups is 2. The Kier molecular flexibility index (Phi) is 8.64. The van der Waals surface area contributed by atoms with E-state index >= 15 is 0 Å². The van der Waals surface area contributed by atoms with Gasteiger partial charge in [-0.25, -0.2) is 4.79 Å². The van der Waals surface area contributed by atoms with Crippen molar-refractivity contribution in [3.63, 3.8) is 0 Å². The number of rotatable bonds is 12. The highest BCUT2D eigenvalue weighted by molar-refractivity contribution is 6.07. The van der Waals surface area contributed by atoms with Crippen molar-refractivity contribution in [3.05, 3.63) is 0 Å². The molecule has 1 aliphatic heterocycles. The van der Waals surface area contributed by atoms with Crippen LogP contribution in [0.15, 0.2) is 0 Å². The molecule has 2 N–H and O–H groups in total. The maximum atomic E-state index is 12.2. The second-order valence-electron chi connectivity index (χ2n) is 6.39. The molecule has 0 spiro atoms. The maximum absolute atomic E-state index is 12.2. The molecule has 0 amide bonds. The average Bonchev–Trinajstić information content (AvgIpc) is 2.88. The molecule has 0 aromatic rings. The van der Waals surface area contributed by atoms with Crippen LogP contribution in [0.2, 0.25) is 0 Å². The molecule has 1 heterocycles. The first-order valence-electron chi connectivity index (χ1n) is 8.79. The Morgan fingerprint density at radius 3 is 2.00 bits per heavy atom. The lowest BCUT2D eigenvalue weighted by Crippen LogP contribution is -2.55. The molecule has 1 rings (SSSR count). The third-order valence-electron chi connectivity index (χ3n) is 4.67. The highest BCUT2D eigenvalue weighted by Gasteiger charge is 2.53. The van der Waals surface area contributed by atoms with Crippen LogP contribution in [0.25, 0.3) is 0 Å². The predicted octanol–water partition coefficient (Wildman–Crippen LogP) is 3.78. The molecule has 0 aliphatic carbocycles. The maximum Gasteiger partial charge on any atom is 0.334 e. The Morgan fingerprint density at radius 2 is 1.55 bits per heavy atom. The van der Waals surface area contributed by atoms with Gasteiger partial charge in [-0.15, -0.1) is 0 Å². The van der Waals surface area contributed by atoms with Gasteiger partial charge in [-0.2, -0.15) is 5.06 Å². The van der Waals surface area contributed by atoms with Crippen LogP contribution in [-0.2, 0) is 9.59 Å². The number of aliphatic carboxylic acids is 1. The summed E-state index contributed by atoms with van der Waals surface area (Å²) in [6, 6.07) is 0. The molecular weight excluding hydrogens is 282 g/mol. The van der Waals surface area contributed by atoms with Crippen molar-refractivity contribution < 1.29 is 19.9 Å². The zero-order chi connectivity index (χ0) is 16.4. The minimum absolute atomic E-state index is 0.217. The van der Waals surface area contributed by atoms with Crippen LogP contribution < -0.4 is 0 Å². The van der Waals surface area contributed by atoms with E-state index in [1.165, 1.54) is 38.5 Å². The van der Waals surface area contributed by atoms with E-state index in [1.54, 1.807) is 0 Å². The van der Waals surface area contributed by atoms with E-state index in [-0.39, 0.29) is 25.2 Å². The number of ketones is 1. The molecule has 128 valence electrons. The van der Waals surface area contributed by atoms with Gasteiger partial charge in [0.1, 0.15) is 0 Å². The lowest BCUT2D eigenvalue weighted by atomic mass is 9.88. The Hall–Kier alpha value is -0.940. The standard InChI is InChI=1S/C17H31NO4/c1-2-3-4-5-6-7-8-9-10-12-15(19)17(16(20)21)13-11-14-18(17)22/h22H,2-14H2,1H3,(H,20,21). The van der Waals surface area contributed by atoms with Gasteiger partial charge in [-0.05, 0) is 19.3 Å². The van der Waals surface area contributed by atoms with E-state index in [1.807, 2.05) is 0 Å². The Labute approximate surface area is 133 Å². The summed E-state index contributed by atoms with van der Waals surface area (Å²) in [5.41, 5.74) is -1.68. The molecule has 5 nitrogen and oxygen atoms in total. The monoisotopic (exact) mass is 313 g/mol. The van der Waals surface area contributed by atoms with Crippen LogP contribution in [0.3, 0.4) is 0 Å². The molecule has 1 saturated heterocycles. The zero-order valence-corrected chi connectivity index (χ0v) is 13.9. The number of unbranched alkanes of at least 4 members (excludes halogenated alkanes) is 8. The van der Waals surface area contributed by atoms with Crippen molar-refractivity contribution in [2.75, 3.05) is 6.54 Å². The van der Waals surface area contributed by atoms with Crippen LogP contribution in [0.4, 0.5) is 0 Å². The van der Waals surface area contributed by atoms with Crippen molar-refractivity contribution in [2.24, 2.45) is 0 Å². The van der Waals surface area contributed by atoms with Gasteiger partial charge in [0.25, 0.3) is 0 Å². The first-order valence-corrected chi connectivity index (χ1v) is 8.79. The second-order valence-corrected chi connectivity index (χ2v) is 6.39. The number of carboxylic acids is 1. The normalized spacial score (nSPS) is 22.1. The summed E-state index contributed by atoms with van der Waals surface area (Å²) in [4.78, 5) is 23.7. The van der Waals surface area contributed by atoms with Gasteiger partial charge in [-0.1, -0.05) is 58.3 Å². The van der Waals surface area contributed by atoms with Crippen molar-refractivity contribution >= 4 is 11.8 Å². The molecule has 0 saturated carbocycles. The van der Waals surface area contributed by atoms with Gasteiger partial charge < -0.3 is 10.3 Å². The van der Waals surface area contributed by atoms with Gasteiger partial charge >= 0.3 is 5.97 Å². The number of hydrogen-bond donors (Lipinski definition) is 2. The largest absolute Gasteiger partial charge is 0.479 e. The van der Waals surface area contributed by atoms with E-state index in [2.05, 4.69) is 6.92 Å². The summed E-state index contributed by atoms with van der Waals surface area (Å²) >= 11 is 0. The molecule has 0 aromatic carbocycles. The zero-order valence-electron chi connectivity index (χ0n) is 13.9. The summed E-state index contributed by atoms with van der Waals surface area (Å²) in [5, 5.41) is 19.8. The van der Waals surface area contributed by atoms with E-state index in [9.17, 15) is 19.9 Å². The highest BCUT2D eigenvalue weighted by atomic mass is 16.5. The van der Waals surface area contributed by atoms with E-state index in [4.69, 9.17) is 0 Å². The van der Waals surface area contributed by atoms with Gasteiger partial charge in [0.2, 0.25) is 5.54 Å². The summed E-state index contributed by atoms with van der Waals surface area (Å²) in [6.07, 6.45) is 11.4. The molecule has 5 heteroatoms. The molecule has 0 radical (unpaired) electrons. The number of carboxylic acid groups (broad SMARTS) is 1. The molecule has 0 bridgehead atoms. The van der Waals surface area contributed by atoms with Crippen LogP contribution in [-0.4, -0.2) is 39.2 Å². The third kappa shape index (κ3) is 5.06. The number of Topliss-reactive ketones (excluding diaryl/α,β-unsaturated/α-hetero) is 1. The Morgan fingerprint density at radius 1 is 1.00 bits per heavy atom. The molecule has 1 aliphatic rings. The lowest BCUT2D eigenvalue weighted by Gasteiger charge is -2.28. The summed E-state index contributed by atoms with van der Waals surface area (Å²) in [6.45, 7) is 2.47. The van der Waals surface area contributed by atoms with Gasteiger partial charge in [0.05, 0.1) is 0 Å². The summed E-state index contributed by atoms with van der Waals surface area (Å²) in [7, 11) is 0. The van der Waals surface area contributed by atoms with Gasteiger partial charge in [0, 0.05) is 13.0 Å². The highest BCUT2D eigenvalue weighted by Crippen LogP contribution is 2.30. The fraction of sp³-hybridized carbons (Fsp3) is 0.882. The molecule has 1 fully saturated rings. The Balaban J connectivity index is 2.19. The SMILES string of the molecule is CCCCCCCCCCCC(=O)C1(C(=O)O)CCCN1O. The van der Waals surface area contributed by atoms with Crippen LogP contribution in [0.5, 0.6) is 0 Å². The van der Waals surface area contributed by atoms with E-state index < -0.39 is 11.5 Å². The van der Waals surface area contributed by atoms with Crippen molar-refractivity contribution in [1.82, 2.24) is 5.06 Å². The predicted molar refractivity (Wildman–Crippen MR) is 84.9 cm³/mol. The van der Waals surface area contributed by atoms with Crippen molar-refractivity contribution in [3.8, 4) is 0 Å². The van der Waals surface area contributed by atoms with E-state index in [0.717, 1.165) is 24.3 Å². The van der Waals surface area contributed by atoms with Crippen LogP contribution >= 0.6 is 0 Å². The number of nitrogens with zero attached hydrogens (tertiary/aromatic N) is 1. The molecule has 1 unspecified atom stereocenters. The average molecular weight is 313 g/mol. The first-order chi connectivity index (χ1) is 10.6. The Bertz CT molecular complexity index is 359. The topological polar surface area (TPSA) is 77.8 Å². The van der Waals surface area contributed by atoms with E-state index in [0.29, 0.717) is 6.42 Å².